The lowest BCUT2D eigenvalue weighted by molar-refractivity contribution is 0.206. The third-order valence-corrected chi connectivity index (χ3v) is 3.85. The molecular weight excluding hydrogens is 224 g/mol. The Morgan fingerprint density at radius 3 is 2.72 bits per heavy atom. The van der Waals surface area contributed by atoms with Crippen LogP contribution in [0.3, 0.4) is 0 Å². The number of nitrogens with zero attached hydrogens (tertiary/aromatic N) is 1. The summed E-state index contributed by atoms with van der Waals surface area (Å²) in [5, 5.41) is 3.51. The lowest BCUT2D eigenvalue weighted by Gasteiger charge is -2.24. The topological polar surface area (TPSA) is 28.4 Å². The fourth-order valence-corrected chi connectivity index (χ4v) is 2.44. The first-order valence-corrected chi connectivity index (χ1v) is 7.22. The van der Waals surface area contributed by atoms with Crippen LogP contribution < -0.4 is 5.32 Å². The summed E-state index contributed by atoms with van der Waals surface area (Å²) in [5.41, 5.74) is 1.27. The predicted octanol–water partition coefficient (Wildman–Crippen LogP) is 3.15. The lowest BCUT2D eigenvalue weighted by atomic mass is 10.1. The van der Waals surface area contributed by atoms with Gasteiger partial charge in [-0.2, -0.15) is 0 Å². The Kier molecular flexibility index (Phi) is 4.84. The zero-order valence-electron chi connectivity index (χ0n) is 11.9. The summed E-state index contributed by atoms with van der Waals surface area (Å²) in [6.45, 7) is 6.36. The maximum Gasteiger partial charge on any atom is 0.118 e. The molecule has 0 unspecified atom stereocenters. The van der Waals surface area contributed by atoms with Gasteiger partial charge in [-0.05, 0) is 38.8 Å². The van der Waals surface area contributed by atoms with Crippen molar-refractivity contribution in [2.45, 2.75) is 64.7 Å². The van der Waals surface area contributed by atoms with Crippen molar-refractivity contribution in [3.8, 4) is 0 Å². The first-order valence-electron chi connectivity index (χ1n) is 7.22. The summed E-state index contributed by atoms with van der Waals surface area (Å²) in [4.78, 5) is 2.39. The van der Waals surface area contributed by atoms with Crippen molar-refractivity contribution < 1.29 is 4.42 Å². The third kappa shape index (κ3) is 3.85. The smallest absolute Gasteiger partial charge is 0.118 e. The number of hydrogen-bond acceptors (Lipinski definition) is 3. The van der Waals surface area contributed by atoms with Gasteiger partial charge in [-0.3, -0.25) is 4.90 Å². The largest absolute Gasteiger partial charge is 0.468 e. The molecule has 0 spiro atoms. The van der Waals surface area contributed by atoms with Crippen molar-refractivity contribution in [2.24, 2.45) is 0 Å². The fourth-order valence-electron chi connectivity index (χ4n) is 2.44. The van der Waals surface area contributed by atoms with Gasteiger partial charge in [-0.15, -0.1) is 0 Å². The van der Waals surface area contributed by atoms with Gasteiger partial charge in [0.15, 0.2) is 0 Å². The minimum Gasteiger partial charge on any atom is -0.468 e. The molecule has 0 amide bonds. The van der Waals surface area contributed by atoms with Crippen LogP contribution in [0, 0.1) is 0 Å². The molecule has 102 valence electrons. The highest BCUT2D eigenvalue weighted by molar-refractivity contribution is 5.13. The van der Waals surface area contributed by atoms with E-state index >= 15 is 0 Å². The molecule has 1 N–H and O–H groups in total. The molecule has 0 atom stereocenters. The van der Waals surface area contributed by atoms with E-state index in [4.69, 9.17) is 4.42 Å². The highest BCUT2D eigenvalue weighted by Crippen LogP contribution is 2.20. The monoisotopic (exact) mass is 250 g/mol. The van der Waals surface area contributed by atoms with Crippen molar-refractivity contribution in [3.63, 3.8) is 0 Å². The quantitative estimate of drug-likeness (QED) is 0.768. The lowest BCUT2D eigenvalue weighted by Crippen LogP contribution is -2.29. The predicted molar refractivity (Wildman–Crippen MR) is 74.4 cm³/mol. The number of furan rings is 1. The normalized spacial score (nSPS) is 15.8. The van der Waals surface area contributed by atoms with Gasteiger partial charge in [0.2, 0.25) is 0 Å². The van der Waals surface area contributed by atoms with Crippen LogP contribution in [0.25, 0.3) is 0 Å². The van der Waals surface area contributed by atoms with Crippen molar-refractivity contribution in [3.05, 3.63) is 23.7 Å². The summed E-state index contributed by atoms with van der Waals surface area (Å²) >= 11 is 0. The molecular formula is C15H26N2O. The van der Waals surface area contributed by atoms with E-state index in [2.05, 4.69) is 37.2 Å². The van der Waals surface area contributed by atoms with Gasteiger partial charge in [0.05, 0.1) is 12.8 Å². The van der Waals surface area contributed by atoms with E-state index < -0.39 is 0 Å². The van der Waals surface area contributed by atoms with Crippen molar-refractivity contribution in [1.82, 2.24) is 10.2 Å². The van der Waals surface area contributed by atoms with Gasteiger partial charge < -0.3 is 9.73 Å². The van der Waals surface area contributed by atoms with E-state index in [1.54, 1.807) is 0 Å². The Morgan fingerprint density at radius 1 is 1.39 bits per heavy atom. The molecule has 1 saturated carbocycles. The van der Waals surface area contributed by atoms with E-state index in [1.165, 1.54) is 31.2 Å². The summed E-state index contributed by atoms with van der Waals surface area (Å²) in [7, 11) is 2.18. The Hall–Kier alpha value is -0.800. The molecule has 3 nitrogen and oxygen atoms in total. The Labute approximate surface area is 111 Å². The molecule has 3 heteroatoms. The second-order valence-corrected chi connectivity index (χ2v) is 5.46. The molecule has 0 aromatic carbocycles. The summed E-state index contributed by atoms with van der Waals surface area (Å²) < 4.78 is 5.65. The van der Waals surface area contributed by atoms with E-state index in [0.717, 1.165) is 24.9 Å². The van der Waals surface area contributed by atoms with E-state index in [-0.39, 0.29) is 0 Å². The van der Waals surface area contributed by atoms with E-state index in [1.807, 2.05) is 6.26 Å². The van der Waals surface area contributed by atoms with Crippen LogP contribution in [0.1, 0.15) is 50.9 Å². The number of rotatable bonds is 8. The van der Waals surface area contributed by atoms with Crippen molar-refractivity contribution in [2.75, 3.05) is 7.05 Å². The summed E-state index contributed by atoms with van der Waals surface area (Å²) in [5.74, 6) is 1.08. The Morgan fingerprint density at radius 2 is 2.11 bits per heavy atom. The third-order valence-electron chi connectivity index (χ3n) is 3.85. The summed E-state index contributed by atoms with van der Waals surface area (Å²) in [6, 6.07) is 3.60. The molecule has 1 aliphatic carbocycles. The maximum absolute atomic E-state index is 5.65. The molecule has 0 bridgehead atoms. The molecule has 1 aromatic rings. The van der Waals surface area contributed by atoms with Crippen molar-refractivity contribution in [1.29, 1.82) is 0 Å². The molecule has 0 saturated heterocycles. The average Bonchev–Trinajstić information content (AvgIpc) is 3.09. The minimum absolute atomic E-state index is 0.656. The average molecular weight is 250 g/mol. The molecule has 1 heterocycles. The zero-order valence-corrected chi connectivity index (χ0v) is 11.9. The highest BCUT2D eigenvalue weighted by Gasteiger charge is 2.20. The van der Waals surface area contributed by atoms with E-state index in [9.17, 15) is 0 Å². The molecule has 18 heavy (non-hydrogen) atoms. The van der Waals surface area contributed by atoms with Crippen molar-refractivity contribution >= 4 is 0 Å². The highest BCUT2D eigenvalue weighted by atomic mass is 16.3. The van der Waals surface area contributed by atoms with Gasteiger partial charge in [0.1, 0.15) is 5.76 Å². The standard InChI is InChI=1S/C15H26N2O/c1-4-14(5-2)17(3)10-15-8-12(11-18-15)9-16-13-6-7-13/h8,11,13-14,16H,4-7,9-10H2,1-3H3. The summed E-state index contributed by atoms with van der Waals surface area (Å²) in [6.07, 6.45) is 6.96. The molecule has 1 fully saturated rings. The van der Waals surface area contributed by atoms with Crippen LogP contribution in [-0.4, -0.2) is 24.0 Å². The second kappa shape index (κ2) is 6.39. The SMILES string of the molecule is CCC(CC)N(C)Cc1cc(CNC2CC2)co1. The maximum atomic E-state index is 5.65. The van der Waals surface area contributed by atoms with Crippen LogP contribution in [-0.2, 0) is 13.1 Å². The first kappa shape index (κ1) is 13.6. The zero-order chi connectivity index (χ0) is 13.0. The fraction of sp³-hybridized carbons (Fsp3) is 0.733. The van der Waals surface area contributed by atoms with Gasteiger partial charge in [-0.1, -0.05) is 13.8 Å². The van der Waals surface area contributed by atoms with Gasteiger partial charge in [0.25, 0.3) is 0 Å². The van der Waals surface area contributed by atoms with Crippen LogP contribution in [0.15, 0.2) is 16.7 Å². The number of hydrogen-bond donors (Lipinski definition) is 1. The molecule has 0 aliphatic heterocycles. The van der Waals surface area contributed by atoms with Crippen LogP contribution in [0.2, 0.25) is 0 Å². The molecule has 0 radical (unpaired) electrons. The Bertz CT molecular complexity index is 353. The van der Waals surface area contributed by atoms with Gasteiger partial charge in [-0.25, -0.2) is 0 Å². The molecule has 1 aliphatic rings. The second-order valence-electron chi connectivity index (χ2n) is 5.46. The first-order chi connectivity index (χ1) is 8.72. The van der Waals surface area contributed by atoms with Crippen LogP contribution >= 0.6 is 0 Å². The molecule has 2 rings (SSSR count). The van der Waals surface area contributed by atoms with Gasteiger partial charge >= 0.3 is 0 Å². The minimum atomic E-state index is 0.656. The van der Waals surface area contributed by atoms with Crippen LogP contribution in [0.4, 0.5) is 0 Å². The van der Waals surface area contributed by atoms with Gasteiger partial charge in [0, 0.05) is 24.2 Å². The number of nitrogens with one attached hydrogen (secondary N) is 1. The Balaban J connectivity index is 1.80. The molecule has 1 aromatic heterocycles. The van der Waals surface area contributed by atoms with E-state index in [0.29, 0.717) is 6.04 Å². The van der Waals surface area contributed by atoms with Crippen LogP contribution in [0.5, 0.6) is 0 Å².